The number of benzene rings is 2. The molecule has 0 aliphatic carbocycles. The number of hydrogen-bond donors (Lipinski definition) is 2. The Morgan fingerprint density at radius 1 is 0.935 bits per heavy atom. The molecule has 1 heterocycles. The molecule has 8 nitrogen and oxygen atoms in total. The van der Waals surface area contributed by atoms with E-state index in [0.717, 1.165) is 5.56 Å². The average Bonchev–Trinajstić information content (AvgIpc) is 2.79. The van der Waals surface area contributed by atoms with Gasteiger partial charge < -0.3 is 10.6 Å². The Balaban J connectivity index is 1.54. The molecule has 1 saturated heterocycles. The first-order chi connectivity index (χ1) is 14.9. The largest absolute Gasteiger partial charge is 0.348 e. The lowest BCUT2D eigenvalue weighted by Gasteiger charge is -2.33. The Bertz CT molecular complexity index is 1000. The molecule has 2 amide bonds. The minimum atomic E-state index is -3.20. The molecule has 1 aliphatic rings. The van der Waals surface area contributed by atoms with Gasteiger partial charge >= 0.3 is 0 Å². The minimum Gasteiger partial charge on any atom is -0.348 e. The van der Waals surface area contributed by atoms with Crippen molar-refractivity contribution in [3.63, 3.8) is 0 Å². The van der Waals surface area contributed by atoms with E-state index in [1.807, 2.05) is 35.2 Å². The van der Waals surface area contributed by atoms with Gasteiger partial charge in [0.05, 0.1) is 23.5 Å². The summed E-state index contributed by atoms with van der Waals surface area (Å²) in [5.74, 6) is -0.426. The fraction of sp³-hybridized carbons (Fsp3) is 0.364. The van der Waals surface area contributed by atoms with E-state index >= 15 is 0 Å². The molecule has 0 saturated carbocycles. The van der Waals surface area contributed by atoms with Crippen LogP contribution in [-0.2, 0) is 21.4 Å². The predicted octanol–water partition coefficient (Wildman–Crippen LogP) is 1.52. The number of para-hydroxylation sites is 1. The second-order valence-corrected chi connectivity index (χ2v) is 9.60. The number of anilines is 1. The molecule has 166 valence electrons. The van der Waals surface area contributed by atoms with Crippen LogP contribution in [0.4, 0.5) is 5.69 Å². The van der Waals surface area contributed by atoms with Gasteiger partial charge in [-0.3, -0.25) is 14.5 Å². The van der Waals surface area contributed by atoms with Crippen LogP contribution >= 0.6 is 0 Å². The van der Waals surface area contributed by atoms with E-state index in [1.165, 1.54) is 4.31 Å². The summed E-state index contributed by atoms with van der Waals surface area (Å²) in [4.78, 5) is 27.1. The lowest BCUT2D eigenvalue weighted by Crippen LogP contribution is -2.50. The molecule has 2 N–H and O–H groups in total. The summed E-state index contributed by atoms with van der Waals surface area (Å²) >= 11 is 0. The summed E-state index contributed by atoms with van der Waals surface area (Å²) in [6, 6.07) is 16.5. The number of nitrogens with zero attached hydrogens (tertiary/aromatic N) is 2. The molecule has 0 aromatic heterocycles. The van der Waals surface area contributed by atoms with Gasteiger partial charge in [-0.25, -0.2) is 8.42 Å². The maximum Gasteiger partial charge on any atom is 0.253 e. The van der Waals surface area contributed by atoms with Gasteiger partial charge in [0, 0.05) is 32.7 Å². The maximum absolute atomic E-state index is 12.6. The van der Waals surface area contributed by atoms with Crippen LogP contribution < -0.4 is 10.6 Å². The highest BCUT2D eigenvalue weighted by atomic mass is 32.2. The van der Waals surface area contributed by atoms with Crippen molar-refractivity contribution in [2.24, 2.45) is 0 Å². The van der Waals surface area contributed by atoms with E-state index in [-0.39, 0.29) is 24.1 Å². The average molecular weight is 445 g/mol. The minimum absolute atomic E-state index is 0.0800. The van der Waals surface area contributed by atoms with Gasteiger partial charge in [-0.2, -0.15) is 4.31 Å². The first-order valence-corrected chi connectivity index (χ1v) is 11.9. The number of piperazine rings is 1. The summed E-state index contributed by atoms with van der Waals surface area (Å²) in [6.07, 6.45) is 0. The summed E-state index contributed by atoms with van der Waals surface area (Å²) in [5.41, 5.74) is 1.83. The van der Waals surface area contributed by atoms with Crippen LogP contribution in [0.5, 0.6) is 0 Å². The number of sulfonamides is 1. The van der Waals surface area contributed by atoms with Crippen molar-refractivity contribution in [2.75, 3.05) is 43.8 Å². The molecule has 3 rings (SSSR count). The van der Waals surface area contributed by atoms with Gasteiger partial charge in [0.1, 0.15) is 0 Å². The molecule has 2 aromatic carbocycles. The summed E-state index contributed by atoms with van der Waals surface area (Å²) in [5, 5.41) is 5.69. The van der Waals surface area contributed by atoms with E-state index < -0.39 is 10.0 Å². The Morgan fingerprint density at radius 3 is 2.26 bits per heavy atom. The zero-order chi connectivity index (χ0) is 22.3. The number of rotatable bonds is 8. The number of nitrogens with one attached hydrogen (secondary N) is 2. The fourth-order valence-electron chi connectivity index (χ4n) is 3.40. The Kier molecular flexibility index (Phi) is 7.78. The van der Waals surface area contributed by atoms with Crippen molar-refractivity contribution in [3.05, 3.63) is 65.7 Å². The van der Waals surface area contributed by atoms with Crippen LogP contribution in [0.25, 0.3) is 0 Å². The van der Waals surface area contributed by atoms with Crippen molar-refractivity contribution in [3.8, 4) is 0 Å². The number of amides is 2. The van der Waals surface area contributed by atoms with E-state index in [1.54, 1.807) is 31.2 Å². The van der Waals surface area contributed by atoms with Gasteiger partial charge in [-0.15, -0.1) is 0 Å². The fourth-order valence-corrected chi connectivity index (χ4v) is 4.49. The quantitative estimate of drug-likeness (QED) is 0.643. The number of carbonyl (C=O) groups excluding carboxylic acids is 2. The molecule has 0 spiro atoms. The molecule has 0 bridgehead atoms. The molecule has 9 heteroatoms. The Labute approximate surface area is 183 Å². The van der Waals surface area contributed by atoms with Crippen molar-refractivity contribution in [1.82, 2.24) is 14.5 Å². The van der Waals surface area contributed by atoms with Gasteiger partial charge in [-0.1, -0.05) is 42.5 Å². The highest BCUT2D eigenvalue weighted by Crippen LogP contribution is 2.16. The zero-order valence-electron chi connectivity index (χ0n) is 17.6. The highest BCUT2D eigenvalue weighted by molar-refractivity contribution is 7.89. The highest BCUT2D eigenvalue weighted by Gasteiger charge is 2.26. The SMILES string of the molecule is CCS(=O)(=O)N1CCN(CC(=O)Nc2ccccc2C(=O)NCc2ccccc2)CC1. The first-order valence-electron chi connectivity index (χ1n) is 10.3. The molecule has 1 aliphatic heterocycles. The molecule has 0 unspecified atom stereocenters. The van der Waals surface area contributed by atoms with Crippen molar-refractivity contribution < 1.29 is 18.0 Å². The third-order valence-electron chi connectivity index (χ3n) is 5.20. The van der Waals surface area contributed by atoms with Crippen molar-refractivity contribution in [1.29, 1.82) is 0 Å². The summed E-state index contributed by atoms with van der Waals surface area (Å²) < 4.78 is 25.4. The topological polar surface area (TPSA) is 98.8 Å². The lowest BCUT2D eigenvalue weighted by molar-refractivity contribution is -0.117. The summed E-state index contributed by atoms with van der Waals surface area (Å²) in [6.45, 7) is 3.90. The van der Waals surface area contributed by atoms with Crippen LogP contribution in [0.1, 0.15) is 22.8 Å². The first kappa shape index (κ1) is 22.9. The molecular formula is C22H28N4O4S. The van der Waals surface area contributed by atoms with E-state index in [4.69, 9.17) is 0 Å². The Hall–Kier alpha value is -2.75. The van der Waals surface area contributed by atoms with Crippen LogP contribution in [0.15, 0.2) is 54.6 Å². The van der Waals surface area contributed by atoms with Gasteiger partial charge in [0.15, 0.2) is 0 Å². The molecular weight excluding hydrogens is 416 g/mol. The van der Waals surface area contributed by atoms with Gasteiger partial charge in [0.25, 0.3) is 5.91 Å². The molecule has 0 atom stereocenters. The maximum atomic E-state index is 12.6. The number of hydrogen-bond acceptors (Lipinski definition) is 5. The monoisotopic (exact) mass is 444 g/mol. The van der Waals surface area contributed by atoms with Crippen molar-refractivity contribution in [2.45, 2.75) is 13.5 Å². The lowest BCUT2D eigenvalue weighted by atomic mass is 10.1. The molecule has 31 heavy (non-hydrogen) atoms. The Morgan fingerprint density at radius 2 is 1.58 bits per heavy atom. The van der Waals surface area contributed by atoms with Gasteiger partial charge in [-0.05, 0) is 24.6 Å². The molecule has 1 fully saturated rings. The summed E-state index contributed by atoms with van der Waals surface area (Å²) in [7, 11) is -3.20. The molecule has 0 radical (unpaired) electrons. The third kappa shape index (κ3) is 6.36. The zero-order valence-corrected chi connectivity index (χ0v) is 18.4. The van der Waals surface area contributed by atoms with E-state index in [0.29, 0.717) is 44.0 Å². The predicted molar refractivity (Wildman–Crippen MR) is 120 cm³/mol. The van der Waals surface area contributed by atoms with Crippen molar-refractivity contribution >= 4 is 27.5 Å². The molecule has 2 aromatic rings. The smallest absolute Gasteiger partial charge is 0.253 e. The number of carbonyl (C=O) groups is 2. The third-order valence-corrected chi connectivity index (χ3v) is 7.08. The second-order valence-electron chi connectivity index (χ2n) is 7.34. The van der Waals surface area contributed by atoms with Crippen LogP contribution in [-0.4, -0.2) is 67.9 Å². The van der Waals surface area contributed by atoms with Crippen LogP contribution in [0, 0.1) is 0 Å². The van der Waals surface area contributed by atoms with E-state index in [9.17, 15) is 18.0 Å². The second kappa shape index (κ2) is 10.5. The van der Waals surface area contributed by atoms with Crippen LogP contribution in [0.2, 0.25) is 0 Å². The standard InChI is InChI=1S/C22H28N4O4S/c1-2-31(29,30)26-14-12-25(13-15-26)17-21(27)24-20-11-7-6-10-19(20)22(28)23-16-18-8-4-3-5-9-18/h3-11H,2,12-17H2,1H3,(H,23,28)(H,24,27). The van der Waals surface area contributed by atoms with E-state index in [2.05, 4.69) is 10.6 Å². The normalized spacial score (nSPS) is 15.4. The van der Waals surface area contributed by atoms with Crippen LogP contribution in [0.3, 0.4) is 0 Å². The van der Waals surface area contributed by atoms with Gasteiger partial charge in [0.2, 0.25) is 15.9 Å².